The second kappa shape index (κ2) is 14.8. The summed E-state index contributed by atoms with van der Waals surface area (Å²) in [6, 6.07) is 0. The van der Waals surface area contributed by atoms with Crippen LogP contribution in [0.3, 0.4) is 0 Å². The van der Waals surface area contributed by atoms with E-state index in [1.54, 1.807) is 0 Å². The summed E-state index contributed by atoms with van der Waals surface area (Å²) in [4.78, 5) is 12.1. The van der Waals surface area contributed by atoms with Crippen molar-refractivity contribution >= 4 is 24.2 Å². The van der Waals surface area contributed by atoms with Gasteiger partial charge in [0.05, 0.1) is 0 Å². The van der Waals surface area contributed by atoms with Gasteiger partial charge in [0.15, 0.2) is 0 Å². The monoisotopic (exact) mass is 416 g/mol. The molecule has 22 heavy (non-hydrogen) atoms. The molecule has 0 atom stereocenters. The fourth-order valence-corrected chi connectivity index (χ4v) is 17.3. The van der Waals surface area contributed by atoms with Crippen LogP contribution in [-0.4, -0.2) is 24.2 Å². The summed E-state index contributed by atoms with van der Waals surface area (Å²) in [6.07, 6.45) is 14.3. The van der Waals surface area contributed by atoms with Crippen LogP contribution in [0.4, 0.5) is 0 Å². The fourth-order valence-electron chi connectivity index (χ4n) is 3.11. The molecule has 0 aliphatic carbocycles. The zero-order valence-electron chi connectivity index (χ0n) is 15.8. The van der Waals surface area contributed by atoms with Crippen molar-refractivity contribution in [3.8, 4) is 0 Å². The number of hydrogen-bond acceptors (Lipinski definition) is 1. The SMILES string of the molecule is CCCCCC(=O)/C=[CH]/[Sn]([CH2]CCC)([CH2]CCC)[CH2]CCC. The van der Waals surface area contributed by atoms with E-state index in [9.17, 15) is 4.79 Å². The summed E-state index contributed by atoms with van der Waals surface area (Å²) in [5, 5.41) is 0. The Morgan fingerprint density at radius 3 is 1.59 bits per heavy atom. The van der Waals surface area contributed by atoms with Gasteiger partial charge in [0.25, 0.3) is 0 Å². The van der Waals surface area contributed by atoms with Crippen molar-refractivity contribution in [2.24, 2.45) is 0 Å². The Kier molecular flexibility index (Phi) is 14.9. The Morgan fingerprint density at radius 1 is 0.727 bits per heavy atom. The predicted octanol–water partition coefficient (Wildman–Crippen LogP) is 7.08. The molecule has 130 valence electrons. The van der Waals surface area contributed by atoms with Crippen molar-refractivity contribution in [3.05, 3.63) is 10.2 Å². The molecule has 1 nitrogen and oxygen atoms in total. The van der Waals surface area contributed by atoms with Gasteiger partial charge in [-0.25, -0.2) is 0 Å². The first-order valence-corrected chi connectivity index (χ1v) is 17.6. The Hall–Kier alpha value is 0.209. The third-order valence-electron chi connectivity index (χ3n) is 4.73. The quantitative estimate of drug-likeness (QED) is 0.159. The number of unbranched alkanes of at least 4 members (excludes halogenated alkanes) is 5. The number of carbonyl (C=O) groups is 1. The van der Waals surface area contributed by atoms with E-state index in [0.717, 1.165) is 12.8 Å². The molecule has 0 N–H and O–H groups in total. The molecule has 0 amide bonds. The van der Waals surface area contributed by atoms with Crippen LogP contribution in [0.25, 0.3) is 0 Å². The van der Waals surface area contributed by atoms with Gasteiger partial charge in [0.2, 0.25) is 0 Å². The summed E-state index contributed by atoms with van der Waals surface area (Å²) in [5.74, 6) is 0.388. The Bertz CT molecular complexity index is 274. The van der Waals surface area contributed by atoms with E-state index in [0.29, 0.717) is 5.78 Å². The summed E-state index contributed by atoms with van der Waals surface area (Å²) < 4.78 is 6.90. The second-order valence-corrected chi connectivity index (χ2v) is 19.9. The van der Waals surface area contributed by atoms with Crippen LogP contribution in [0.2, 0.25) is 13.3 Å². The molecule has 0 radical (unpaired) electrons. The van der Waals surface area contributed by atoms with Crippen LogP contribution in [0.1, 0.15) is 91.9 Å². The van der Waals surface area contributed by atoms with Crippen molar-refractivity contribution in [1.29, 1.82) is 0 Å². The van der Waals surface area contributed by atoms with E-state index in [2.05, 4.69) is 31.8 Å². The van der Waals surface area contributed by atoms with Crippen LogP contribution in [0.5, 0.6) is 0 Å². The molecule has 0 aliphatic heterocycles. The number of hydrogen-bond donors (Lipinski definition) is 0. The van der Waals surface area contributed by atoms with E-state index < -0.39 is 18.4 Å². The van der Waals surface area contributed by atoms with Gasteiger partial charge in [-0.15, -0.1) is 0 Å². The van der Waals surface area contributed by atoms with Crippen LogP contribution in [0, 0.1) is 0 Å². The summed E-state index contributed by atoms with van der Waals surface area (Å²) in [6.45, 7) is 9.10. The zero-order valence-corrected chi connectivity index (χ0v) is 18.6. The second-order valence-electron chi connectivity index (χ2n) is 6.93. The van der Waals surface area contributed by atoms with Crippen molar-refractivity contribution in [2.75, 3.05) is 0 Å². The number of rotatable bonds is 15. The molecule has 0 rings (SSSR count). The van der Waals surface area contributed by atoms with Crippen LogP contribution in [0.15, 0.2) is 10.2 Å². The molecule has 0 aromatic carbocycles. The molecule has 0 fully saturated rings. The zero-order chi connectivity index (χ0) is 16.7. The van der Waals surface area contributed by atoms with Gasteiger partial charge in [0.1, 0.15) is 0 Å². The van der Waals surface area contributed by atoms with E-state index >= 15 is 0 Å². The van der Waals surface area contributed by atoms with E-state index in [4.69, 9.17) is 0 Å². The van der Waals surface area contributed by atoms with Gasteiger partial charge >= 0.3 is 144 Å². The Labute approximate surface area is 144 Å². The number of ketones is 1. The molecular formula is C20H40OSn. The van der Waals surface area contributed by atoms with Crippen LogP contribution < -0.4 is 0 Å². The molecule has 2 heteroatoms. The molecule has 0 aromatic heterocycles. The third-order valence-corrected chi connectivity index (χ3v) is 18.8. The van der Waals surface area contributed by atoms with E-state index in [1.807, 2.05) is 6.08 Å². The minimum atomic E-state index is -2.22. The van der Waals surface area contributed by atoms with E-state index in [-0.39, 0.29) is 0 Å². The summed E-state index contributed by atoms with van der Waals surface area (Å²) in [5.41, 5.74) is 0. The van der Waals surface area contributed by atoms with Gasteiger partial charge in [0, 0.05) is 0 Å². The molecular weight excluding hydrogens is 375 g/mol. The summed E-state index contributed by atoms with van der Waals surface area (Å²) >= 11 is -2.22. The maximum atomic E-state index is 12.1. The summed E-state index contributed by atoms with van der Waals surface area (Å²) in [7, 11) is 0. The predicted molar refractivity (Wildman–Crippen MR) is 103 cm³/mol. The van der Waals surface area contributed by atoms with Crippen molar-refractivity contribution in [2.45, 2.75) is 105 Å². The van der Waals surface area contributed by atoms with Crippen molar-refractivity contribution in [1.82, 2.24) is 0 Å². The molecule has 0 heterocycles. The molecule has 0 saturated carbocycles. The Balaban J connectivity index is 4.78. The molecule has 0 saturated heterocycles. The Morgan fingerprint density at radius 2 is 1.18 bits per heavy atom. The number of allylic oxidation sites excluding steroid dienone is 1. The van der Waals surface area contributed by atoms with Gasteiger partial charge < -0.3 is 0 Å². The third kappa shape index (κ3) is 10.9. The van der Waals surface area contributed by atoms with Crippen molar-refractivity contribution in [3.63, 3.8) is 0 Å². The van der Waals surface area contributed by atoms with Gasteiger partial charge in [-0.3, -0.25) is 0 Å². The fraction of sp³-hybridized carbons (Fsp3) is 0.850. The molecule has 0 aliphatic rings. The number of carbonyl (C=O) groups excluding carboxylic acids is 1. The average Bonchev–Trinajstić information content (AvgIpc) is 2.54. The van der Waals surface area contributed by atoms with Gasteiger partial charge in [-0.05, 0) is 0 Å². The first kappa shape index (κ1) is 22.2. The first-order chi connectivity index (χ1) is 10.6. The average molecular weight is 415 g/mol. The van der Waals surface area contributed by atoms with Gasteiger partial charge in [-0.2, -0.15) is 0 Å². The molecule has 0 aromatic rings. The van der Waals surface area contributed by atoms with Crippen molar-refractivity contribution < 1.29 is 4.79 Å². The van der Waals surface area contributed by atoms with Crippen LogP contribution >= 0.6 is 0 Å². The maximum absolute atomic E-state index is 12.1. The normalized spacial score (nSPS) is 12.2. The molecule has 0 bridgehead atoms. The first-order valence-electron chi connectivity index (χ1n) is 9.86. The molecule has 0 spiro atoms. The standard InChI is InChI=1S/C8H13O.3C4H9.Sn/c1-3-5-6-7-8(9)4-2;3*1-3-4-2;/h2,4H,3,5-7H2,1H3;3*1,3-4H2,2H3;. The minimum absolute atomic E-state index is 0.388. The van der Waals surface area contributed by atoms with E-state index in [1.165, 1.54) is 64.7 Å². The topological polar surface area (TPSA) is 17.1 Å². The molecule has 0 unspecified atom stereocenters. The van der Waals surface area contributed by atoms with Crippen LogP contribution in [-0.2, 0) is 4.79 Å². The van der Waals surface area contributed by atoms with Gasteiger partial charge in [-0.1, -0.05) is 0 Å².